The van der Waals surface area contributed by atoms with Crippen molar-refractivity contribution in [3.05, 3.63) is 22.9 Å². The summed E-state index contributed by atoms with van der Waals surface area (Å²) in [6, 6.07) is 1.83. The average Bonchev–Trinajstić information content (AvgIpc) is 2.26. The standard InChI is InChI=1S/C14H20BrN3O2/c1-9(18-11-6-10(15)7-17-8-11)5-12(16)13(19)20-14(2,3)4/h6-9,16,18H,5H2,1-4H3/t9-/m1/s1. The fraction of sp³-hybridized carbons (Fsp3) is 0.500. The molecule has 0 saturated heterocycles. The number of hydrogen-bond acceptors (Lipinski definition) is 5. The van der Waals surface area contributed by atoms with E-state index in [-0.39, 0.29) is 11.8 Å². The first-order valence-corrected chi connectivity index (χ1v) is 7.14. The Hall–Kier alpha value is -1.43. The lowest BCUT2D eigenvalue weighted by Crippen LogP contribution is -2.31. The minimum atomic E-state index is -0.575. The van der Waals surface area contributed by atoms with Crippen LogP contribution >= 0.6 is 15.9 Å². The second-order valence-corrected chi connectivity index (χ2v) is 6.54. The van der Waals surface area contributed by atoms with Crippen LogP contribution in [0.5, 0.6) is 0 Å². The fourth-order valence-corrected chi connectivity index (χ4v) is 1.92. The number of rotatable bonds is 5. The zero-order chi connectivity index (χ0) is 15.3. The first kappa shape index (κ1) is 16.6. The minimum Gasteiger partial charge on any atom is -0.456 e. The first-order chi connectivity index (χ1) is 9.17. The number of carbonyl (C=O) groups is 1. The van der Waals surface area contributed by atoms with Gasteiger partial charge in [0.05, 0.1) is 11.9 Å². The quantitative estimate of drug-likeness (QED) is 0.635. The lowest BCUT2D eigenvalue weighted by molar-refractivity contribution is -0.146. The van der Waals surface area contributed by atoms with Gasteiger partial charge in [-0.15, -0.1) is 0 Å². The summed E-state index contributed by atoms with van der Waals surface area (Å²) in [5.41, 5.74) is 0.223. The molecule has 0 aromatic carbocycles. The lowest BCUT2D eigenvalue weighted by atomic mass is 10.1. The van der Waals surface area contributed by atoms with Crippen molar-refractivity contribution in [1.29, 1.82) is 5.41 Å². The summed E-state index contributed by atoms with van der Waals surface area (Å²) < 4.78 is 6.03. The van der Waals surface area contributed by atoms with Crippen LogP contribution in [0.2, 0.25) is 0 Å². The lowest BCUT2D eigenvalue weighted by Gasteiger charge is -2.21. The zero-order valence-corrected chi connectivity index (χ0v) is 13.7. The average molecular weight is 342 g/mol. The third-order valence-electron chi connectivity index (χ3n) is 2.27. The normalized spacial score (nSPS) is 12.7. The number of anilines is 1. The van der Waals surface area contributed by atoms with E-state index in [2.05, 4.69) is 26.2 Å². The highest BCUT2D eigenvalue weighted by atomic mass is 79.9. The van der Waals surface area contributed by atoms with Crippen LogP contribution in [0.15, 0.2) is 22.9 Å². The minimum absolute atomic E-state index is 0.0390. The van der Waals surface area contributed by atoms with Crippen molar-refractivity contribution in [3.8, 4) is 0 Å². The number of halogens is 1. The Balaban J connectivity index is 2.52. The molecule has 2 N–H and O–H groups in total. The van der Waals surface area contributed by atoms with Crippen LogP contribution in [-0.2, 0) is 9.53 Å². The zero-order valence-electron chi connectivity index (χ0n) is 12.2. The molecule has 0 spiro atoms. The van der Waals surface area contributed by atoms with Crippen molar-refractivity contribution >= 4 is 33.3 Å². The van der Waals surface area contributed by atoms with E-state index in [0.29, 0.717) is 6.42 Å². The number of esters is 1. The molecule has 1 rings (SSSR count). The van der Waals surface area contributed by atoms with E-state index in [1.807, 2.05) is 13.0 Å². The summed E-state index contributed by atoms with van der Waals surface area (Å²) >= 11 is 3.34. The Kier molecular flexibility index (Phi) is 5.68. The van der Waals surface area contributed by atoms with Gasteiger partial charge in [-0.25, -0.2) is 4.79 Å². The maximum Gasteiger partial charge on any atom is 0.352 e. The van der Waals surface area contributed by atoms with Crippen LogP contribution < -0.4 is 5.32 Å². The van der Waals surface area contributed by atoms with Gasteiger partial charge in [0.15, 0.2) is 0 Å². The van der Waals surface area contributed by atoms with Gasteiger partial charge in [-0.3, -0.25) is 10.4 Å². The van der Waals surface area contributed by atoms with Gasteiger partial charge in [0.2, 0.25) is 0 Å². The second-order valence-electron chi connectivity index (χ2n) is 5.62. The Morgan fingerprint density at radius 2 is 2.15 bits per heavy atom. The largest absolute Gasteiger partial charge is 0.456 e. The van der Waals surface area contributed by atoms with E-state index < -0.39 is 11.6 Å². The van der Waals surface area contributed by atoms with Crippen molar-refractivity contribution < 1.29 is 9.53 Å². The van der Waals surface area contributed by atoms with Crippen LogP contribution in [0.3, 0.4) is 0 Å². The van der Waals surface area contributed by atoms with E-state index in [0.717, 1.165) is 10.2 Å². The maximum absolute atomic E-state index is 11.7. The van der Waals surface area contributed by atoms with Gasteiger partial charge in [-0.05, 0) is 49.7 Å². The molecule has 5 nitrogen and oxygen atoms in total. The number of hydrogen-bond donors (Lipinski definition) is 2. The fourth-order valence-electron chi connectivity index (χ4n) is 1.56. The van der Waals surface area contributed by atoms with E-state index >= 15 is 0 Å². The molecule has 110 valence electrons. The number of carbonyl (C=O) groups excluding carboxylic acids is 1. The number of nitrogens with zero attached hydrogens (tertiary/aromatic N) is 1. The van der Waals surface area contributed by atoms with Gasteiger partial charge in [-0.1, -0.05) is 0 Å². The third-order valence-corrected chi connectivity index (χ3v) is 2.71. The van der Waals surface area contributed by atoms with Crippen LogP contribution in [0.1, 0.15) is 34.1 Å². The number of pyridine rings is 1. The van der Waals surface area contributed by atoms with Gasteiger partial charge in [0, 0.05) is 23.1 Å². The van der Waals surface area contributed by atoms with Gasteiger partial charge in [-0.2, -0.15) is 0 Å². The van der Waals surface area contributed by atoms with Crippen LogP contribution in [0.4, 0.5) is 5.69 Å². The van der Waals surface area contributed by atoms with Crippen molar-refractivity contribution in [3.63, 3.8) is 0 Å². The Labute approximate surface area is 127 Å². The van der Waals surface area contributed by atoms with Crippen molar-refractivity contribution in [2.45, 2.75) is 45.8 Å². The predicted molar refractivity (Wildman–Crippen MR) is 83.2 cm³/mol. The number of aromatic nitrogens is 1. The predicted octanol–water partition coefficient (Wildman–Crippen LogP) is 3.40. The number of ether oxygens (including phenoxy) is 1. The SMILES string of the molecule is C[C@H](CC(=N)C(=O)OC(C)(C)C)Nc1cncc(Br)c1. The van der Waals surface area contributed by atoms with Gasteiger partial charge < -0.3 is 10.1 Å². The molecule has 1 aromatic rings. The maximum atomic E-state index is 11.7. The highest BCUT2D eigenvalue weighted by Gasteiger charge is 2.21. The molecule has 0 unspecified atom stereocenters. The molecule has 1 atom stereocenters. The van der Waals surface area contributed by atoms with E-state index in [4.69, 9.17) is 10.1 Å². The first-order valence-electron chi connectivity index (χ1n) is 6.35. The van der Waals surface area contributed by atoms with Crippen LogP contribution in [0, 0.1) is 5.41 Å². The highest BCUT2D eigenvalue weighted by molar-refractivity contribution is 9.10. The van der Waals surface area contributed by atoms with E-state index in [1.165, 1.54) is 0 Å². The van der Waals surface area contributed by atoms with Gasteiger partial charge in [0.25, 0.3) is 0 Å². The smallest absolute Gasteiger partial charge is 0.352 e. The molecular formula is C14H20BrN3O2. The summed E-state index contributed by atoms with van der Waals surface area (Å²) in [5.74, 6) is -0.571. The van der Waals surface area contributed by atoms with Crippen molar-refractivity contribution in [1.82, 2.24) is 4.98 Å². The molecular weight excluding hydrogens is 322 g/mol. The Bertz CT molecular complexity index is 497. The van der Waals surface area contributed by atoms with E-state index in [9.17, 15) is 4.79 Å². The molecule has 1 aromatic heterocycles. The second kappa shape index (κ2) is 6.83. The Morgan fingerprint density at radius 3 is 2.70 bits per heavy atom. The summed E-state index contributed by atoms with van der Waals surface area (Å²) in [5, 5.41) is 11.0. The third kappa shape index (κ3) is 6.14. The molecule has 0 fully saturated rings. The summed E-state index contributed by atoms with van der Waals surface area (Å²) in [7, 11) is 0. The van der Waals surface area contributed by atoms with E-state index in [1.54, 1.807) is 33.2 Å². The molecule has 0 radical (unpaired) electrons. The summed E-state index contributed by atoms with van der Waals surface area (Å²) in [6.07, 6.45) is 3.68. The molecule has 0 aliphatic carbocycles. The van der Waals surface area contributed by atoms with Crippen molar-refractivity contribution in [2.24, 2.45) is 0 Å². The van der Waals surface area contributed by atoms with Crippen LogP contribution in [0.25, 0.3) is 0 Å². The summed E-state index contributed by atoms with van der Waals surface area (Å²) in [4.78, 5) is 15.8. The summed E-state index contributed by atoms with van der Waals surface area (Å²) in [6.45, 7) is 7.26. The molecule has 0 amide bonds. The molecule has 6 heteroatoms. The molecule has 0 aliphatic heterocycles. The topological polar surface area (TPSA) is 75.1 Å². The van der Waals surface area contributed by atoms with Gasteiger partial charge in [0.1, 0.15) is 11.3 Å². The van der Waals surface area contributed by atoms with Gasteiger partial charge >= 0.3 is 5.97 Å². The molecule has 0 bridgehead atoms. The Morgan fingerprint density at radius 1 is 1.50 bits per heavy atom. The molecule has 20 heavy (non-hydrogen) atoms. The highest BCUT2D eigenvalue weighted by Crippen LogP contribution is 2.15. The number of nitrogens with one attached hydrogen (secondary N) is 2. The molecule has 0 saturated carbocycles. The van der Waals surface area contributed by atoms with Crippen LogP contribution in [-0.4, -0.2) is 28.3 Å². The molecule has 1 heterocycles. The monoisotopic (exact) mass is 341 g/mol. The van der Waals surface area contributed by atoms with Crippen molar-refractivity contribution in [2.75, 3.05) is 5.32 Å². The molecule has 0 aliphatic rings.